The molecule has 8 heteroatoms. The Morgan fingerprint density at radius 3 is 2.69 bits per heavy atom. The summed E-state index contributed by atoms with van der Waals surface area (Å²) in [7, 11) is 0. The number of nitrogens with zero attached hydrogens (tertiary/aromatic N) is 2. The van der Waals surface area contributed by atoms with Crippen LogP contribution in [0.25, 0.3) is 16.6 Å². The van der Waals surface area contributed by atoms with Crippen molar-refractivity contribution in [2.24, 2.45) is 0 Å². The van der Waals surface area contributed by atoms with Crippen LogP contribution in [0.3, 0.4) is 0 Å². The van der Waals surface area contributed by atoms with Crippen LogP contribution in [0, 0.1) is 13.8 Å². The van der Waals surface area contributed by atoms with Gasteiger partial charge in [0, 0.05) is 6.54 Å². The normalized spacial score (nSPS) is 13.1. The minimum absolute atomic E-state index is 0.151. The number of rotatable bonds is 6. The number of hydrogen-bond donors (Lipinski definition) is 1. The maximum absolute atomic E-state index is 13.5. The zero-order chi connectivity index (χ0) is 24.5. The van der Waals surface area contributed by atoms with Crippen LogP contribution in [-0.4, -0.2) is 27.5 Å². The van der Waals surface area contributed by atoms with Crippen molar-refractivity contribution >= 4 is 28.6 Å². The molecule has 0 radical (unpaired) electrons. The van der Waals surface area contributed by atoms with Gasteiger partial charge < -0.3 is 14.8 Å². The lowest BCUT2D eigenvalue weighted by molar-refractivity contribution is -0.120. The molecule has 0 spiro atoms. The number of para-hydroxylation sites is 1. The fourth-order valence-electron chi connectivity index (χ4n) is 3.88. The highest BCUT2D eigenvalue weighted by atomic mass is 32.2. The van der Waals surface area contributed by atoms with Crippen LogP contribution in [0.5, 0.6) is 11.5 Å². The van der Waals surface area contributed by atoms with Crippen LogP contribution in [-0.2, 0) is 11.3 Å². The average Bonchev–Trinajstić information content (AvgIpc) is 3.32. The zero-order valence-corrected chi connectivity index (χ0v) is 20.5. The number of aromatic nitrogens is 2. The number of ether oxygens (including phenoxy) is 2. The fraction of sp³-hybridized carbons (Fsp3) is 0.222. The van der Waals surface area contributed by atoms with Gasteiger partial charge in [-0.1, -0.05) is 36.0 Å². The lowest BCUT2D eigenvalue weighted by Gasteiger charge is -2.17. The summed E-state index contributed by atoms with van der Waals surface area (Å²) in [6, 6.07) is 18.7. The van der Waals surface area contributed by atoms with Crippen LogP contribution in [0.2, 0.25) is 0 Å². The topological polar surface area (TPSA) is 82.5 Å². The van der Waals surface area contributed by atoms with Gasteiger partial charge in [0.1, 0.15) is 0 Å². The van der Waals surface area contributed by atoms with E-state index in [0.717, 1.165) is 22.4 Å². The highest BCUT2D eigenvalue weighted by Crippen LogP contribution is 2.32. The average molecular weight is 488 g/mol. The minimum atomic E-state index is -0.477. The molecule has 4 aromatic rings. The van der Waals surface area contributed by atoms with E-state index in [2.05, 4.69) is 5.32 Å². The van der Waals surface area contributed by atoms with Gasteiger partial charge in [-0.3, -0.25) is 14.2 Å². The number of fused-ring (bicyclic) bond motifs is 2. The van der Waals surface area contributed by atoms with Gasteiger partial charge in [0.2, 0.25) is 12.7 Å². The second-order valence-corrected chi connectivity index (χ2v) is 9.79. The molecule has 7 nitrogen and oxygen atoms in total. The monoisotopic (exact) mass is 487 g/mol. The van der Waals surface area contributed by atoms with Gasteiger partial charge in [0.15, 0.2) is 16.7 Å². The van der Waals surface area contributed by atoms with Crippen LogP contribution in [0.15, 0.2) is 70.6 Å². The van der Waals surface area contributed by atoms with Crippen LogP contribution in [0.4, 0.5) is 0 Å². The molecule has 1 unspecified atom stereocenters. The first-order chi connectivity index (χ1) is 16.9. The summed E-state index contributed by atoms with van der Waals surface area (Å²) >= 11 is 1.26. The molecule has 35 heavy (non-hydrogen) atoms. The van der Waals surface area contributed by atoms with E-state index in [1.165, 1.54) is 11.8 Å². The standard InChI is InChI=1S/C27H25N3O4S/c1-16-8-10-20(12-17(16)2)30-26(32)21-6-4-5-7-22(21)29-27(30)35-18(3)25(31)28-14-19-9-11-23-24(13-19)34-15-33-23/h4-13,18H,14-15H2,1-3H3,(H,28,31). The summed E-state index contributed by atoms with van der Waals surface area (Å²) in [5.41, 5.74) is 4.30. The molecule has 0 bridgehead atoms. The smallest absolute Gasteiger partial charge is 0.266 e. The van der Waals surface area contributed by atoms with E-state index in [9.17, 15) is 9.59 Å². The molecule has 0 fully saturated rings. The van der Waals surface area contributed by atoms with Gasteiger partial charge in [-0.15, -0.1) is 0 Å². The third-order valence-electron chi connectivity index (χ3n) is 6.05. The zero-order valence-electron chi connectivity index (χ0n) is 19.7. The first-order valence-electron chi connectivity index (χ1n) is 11.3. The number of amides is 1. The fourth-order valence-corrected chi connectivity index (χ4v) is 4.83. The number of carbonyl (C=O) groups excluding carboxylic acids is 1. The van der Waals surface area contributed by atoms with Crippen molar-refractivity contribution in [3.05, 3.63) is 87.7 Å². The van der Waals surface area contributed by atoms with E-state index in [0.29, 0.717) is 34.1 Å². The Morgan fingerprint density at radius 1 is 1.06 bits per heavy atom. The SMILES string of the molecule is Cc1ccc(-n2c(SC(C)C(=O)NCc3ccc4c(c3)OCO4)nc3ccccc3c2=O)cc1C. The van der Waals surface area contributed by atoms with Crippen LogP contribution >= 0.6 is 11.8 Å². The summed E-state index contributed by atoms with van der Waals surface area (Å²) in [4.78, 5) is 31.2. The van der Waals surface area contributed by atoms with E-state index in [-0.39, 0.29) is 18.3 Å². The first-order valence-corrected chi connectivity index (χ1v) is 12.2. The molecule has 5 rings (SSSR count). The quantitative estimate of drug-likeness (QED) is 0.318. The lowest BCUT2D eigenvalue weighted by Crippen LogP contribution is -2.31. The number of hydrogen-bond acceptors (Lipinski definition) is 6. The highest BCUT2D eigenvalue weighted by Gasteiger charge is 2.21. The first kappa shape index (κ1) is 23.0. The Labute approximate surface area is 207 Å². The largest absolute Gasteiger partial charge is 0.454 e. The van der Waals surface area contributed by atoms with Crippen molar-refractivity contribution in [3.63, 3.8) is 0 Å². The molecule has 3 aromatic carbocycles. The van der Waals surface area contributed by atoms with Crippen LogP contribution < -0.4 is 20.3 Å². The van der Waals surface area contributed by atoms with Crippen molar-refractivity contribution in [2.45, 2.75) is 37.7 Å². The van der Waals surface area contributed by atoms with Gasteiger partial charge in [-0.05, 0) is 73.9 Å². The molecule has 1 aromatic heterocycles. The number of carbonyl (C=O) groups is 1. The van der Waals surface area contributed by atoms with Gasteiger partial charge in [-0.2, -0.15) is 0 Å². The van der Waals surface area contributed by atoms with Crippen molar-refractivity contribution in [3.8, 4) is 17.2 Å². The molecule has 0 saturated heterocycles. The third-order valence-corrected chi connectivity index (χ3v) is 7.10. The summed E-state index contributed by atoms with van der Waals surface area (Å²) in [6.45, 7) is 6.42. The minimum Gasteiger partial charge on any atom is -0.454 e. The van der Waals surface area contributed by atoms with Gasteiger partial charge >= 0.3 is 0 Å². The van der Waals surface area contributed by atoms with Crippen molar-refractivity contribution in [1.29, 1.82) is 0 Å². The molecule has 1 aliphatic rings. The van der Waals surface area contributed by atoms with E-state index in [1.807, 2.05) is 75.4 Å². The number of thioether (sulfide) groups is 1. The Hall–Kier alpha value is -3.78. The second-order valence-electron chi connectivity index (χ2n) is 8.49. The van der Waals surface area contributed by atoms with E-state index >= 15 is 0 Å². The molecule has 1 amide bonds. The third kappa shape index (κ3) is 4.61. The summed E-state index contributed by atoms with van der Waals surface area (Å²) in [5, 5.41) is 3.50. The molecule has 1 atom stereocenters. The molecular weight excluding hydrogens is 462 g/mol. The van der Waals surface area contributed by atoms with E-state index in [4.69, 9.17) is 14.5 Å². The summed E-state index contributed by atoms with van der Waals surface area (Å²) in [5.74, 6) is 1.23. The number of nitrogens with one attached hydrogen (secondary N) is 1. The molecule has 1 aliphatic heterocycles. The number of benzene rings is 3. The summed E-state index contributed by atoms with van der Waals surface area (Å²) < 4.78 is 12.3. The second kappa shape index (κ2) is 9.46. The van der Waals surface area contributed by atoms with E-state index in [1.54, 1.807) is 10.6 Å². The van der Waals surface area contributed by atoms with Crippen LogP contribution in [0.1, 0.15) is 23.6 Å². The Morgan fingerprint density at radius 2 is 1.86 bits per heavy atom. The van der Waals surface area contributed by atoms with Gasteiger partial charge in [-0.25, -0.2) is 4.98 Å². The van der Waals surface area contributed by atoms with Crippen molar-refractivity contribution < 1.29 is 14.3 Å². The molecule has 0 aliphatic carbocycles. The molecule has 0 saturated carbocycles. The van der Waals surface area contributed by atoms with Gasteiger partial charge in [0.25, 0.3) is 5.56 Å². The molecular formula is C27H25N3O4S. The van der Waals surface area contributed by atoms with Crippen molar-refractivity contribution in [2.75, 3.05) is 6.79 Å². The van der Waals surface area contributed by atoms with E-state index < -0.39 is 5.25 Å². The molecule has 2 heterocycles. The Bertz CT molecular complexity index is 1500. The maximum Gasteiger partial charge on any atom is 0.266 e. The highest BCUT2D eigenvalue weighted by molar-refractivity contribution is 8.00. The predicted octanol–water partition coefficient (Wildman–Crippen LogP) is 4.53. The number of aryl methyl sites for hydroxylation is 2. The Balaban J connectivity index is 1.41. The lowest BCUT2D eigenvalue weighted by atomic mass is 10.1. The Kier molecular flexibility index (Phi) is 6.21. The van der Waals surface area contributed by atoms with Gasteiger partial charge in [0.05, 0.1) is 21.8 Å². The molecule has 1 N–H and O–H groups in total. The predicted molar refractivity (Wildman–Crippen MR) is 137 cm³/mol. The summed E-state index contributed by atoms with van der Waals surface area (Å²) in [6.07, 6.45) is 0. The maximum atomic E-state index is 13.5. The molecule has 178 valence electrons. The van der Waals surface area contributed by atoms with Crippen molar-refractivity contribution in [1.82, 2.24) is 14.9 Å².